The van der Waals surface area contributed by atoms with Crippen molar-refractivity contribution in [3.05, 3.63) is 24.3 Å². The average Bonchev–Trinajstić information content (AvgIpc) is 3.41. The van der Waals surface area contributed by atoms with Crippen LogP contribution in [-0.4, -0.2) is 110 Å². The van der Waals surface area contributed by atoms with Gasteiger partial charge in [0.25, 0.3) is 0 Å². The summed E-state index contributed by atoms with van der Waals surface area (Å²) in [5, 5.41) is 76.2. The van der Waals surface area contributed by atoms with Crippen molar-refractivity contribution in [2.45, 2.75) is 364 Å². The third-order valence-electron chi connectivity index (χ3n) is 15.7. The monoisotopic (exact) mass is 1070 g/mol. The molecule has 11 heteroatoms. The van der Waals surface area contributed by atoms with E-state index in [0.29, 0.717) is 19.3 Å². The zero-order chi connectivity index (χ0) is 54.7. The summed E-state index contributed by atoms with van der Waals surface area (Å²) in [4.78, 5) is 13.2. The van der Waals surface area contributed by atoms with Crippen molar-refractivity contribution in [1.82, 2.24) is 5.32 Å². The summed E-state index contributed by atoms with van der Waals surface area (Å²) >= 11 is 0. The Kier molecular flexibility index (Phi) is 50.8. The fraction of sp³-hybridized carbons (Fsp3) is 0.922. The molecule has 1 heterocycles. The van der Waals surface area contributed by atoms with Crippen molar-refractivity contribution in [3.8, 4) is 0 Å². The van der Waals surface area contributed by atoms with Crippen LogP contribution in [0.3, 0.4) is 0 Å². The number of aliphatic hydroxyl groups is 7. The Morgan fingerprint density at radius 3 is 1.19 bits per heavy atom. The Labute approximate surface area is 461 Å². The molecule has 0 spiro atoms. The minimum Gasteiger partial charge on any atom is -0.394 e. The van der Waals surface area contributed by atoms with E-state index in [1.165, 1.54) is 225 Å². The minimum absolute atomic E-state index is 0.249. The third-order valence-corrected chi connectivity index (χ3v) is 15.7. The summed E-state index contributed by atoms with van der Waals surface area (Å²) in [7, 11) is 0. The molecule has 0 aromatic carbocycles. The Bertz CT molecular complexity index is 1270. The van der Waals surface area contributed by atoms with E-state index in [1.807, 2.05) is 0 Å². The van der Waals surface area contributed by atoms with Crippen molar-refractivity contribution < 1.29 is 50.0 Å². The van der Waals surface area contributed by atoms with Crippen LogP contribution in [0.5, 0.6) is 0 Å². The van der Waals surface area contributed by atoms with Gasteiger partial charge in [-0.3, -0.25) is 4.79 Å². The molecule has 444 valence electrons. The number of ether oxygens (including phenoxy) is 2. The van der Waals surface area contributed by atoms with Gasteiger partial charge in [-0.25, -0.2) is 0 Å². The highest BCUT2D eigenvalue weighted by atomic mass is 16.7. The molecule has 0 aromatic rings. The largest absolute Gasteiger partial charge is 0.394 e. The maximum atomic E-state index is 13.2. The molecular formula is C64H123NO10. The number of carbonyl (C=O) groups excluding carboxylic acids is 1. The van der Waals surface area contributed by atoms with Crippen molar-refractivity contribution in [1.29, 1.82) is 0 Å². The molecule has 75 heavy (non-hydrogen) atoms. The van der Waals surface area contributed by atoms with E-state index in [9.17, 15) is 40.5 Å². The van der Waals surface area contributed by atoms with Crippen LogP contribution >= 0.6 is 0 Å². The molecular weight excluding hydrogens is 943 g/mol. The SMILES string of the molecule is CCCCCCCCC/C=C/CC/C=C/CCCC(O)C(O)C(COC1OC(CO)C(O)C(O)C1O)NC(=O)C(O)CCCCCCCCCCCCCCCCCCCCCCCCCCCCCCCCCC. The Hall–Kier alpha value is -1.41. The molecule has 0 radical (unpaired) electrons. The molecule has 1 aliphatic heterocycles. The number of carbonyl (C=O) groups is 1. The highest BCUT2D eigenvalue weighted by Gasteiger charge is 2.44. The van der Waals surface area contributed by atoms with Crippen LogP contribution in [0.2, 0.25) is 0 Å². The minimum atomic E-state index is -1.67. The van der Waals surface area contributed by atoms with Crippen LogP contribution in [0.4, 0.5) is 0 Å². The molecule has 9 atom stereocenters. The molecule has 1 amide bonds. The van der Waals surface area contributed by atoms with E-state index in [2.05, 4.69) is 43.5 Å². The normalized spacial score (nSPS) is 19.8. The molecule has 0 bridgehead atoms. The summed E-state index contributed by atoms with van der Waals surface area (Å²) in [6.45, 7) is 3.46. The standard InChI is InChI=1S/C64H123NO10/c1-3-5-7-9-11-13-15-17-19-21-22-23-24-25-26-27-28-29-30-31-32-33-34-35-36-38-40-42-44-46-48-50-52-57(68)63(73)65-55(54-74-64-62(72)61(71)60(70)58(53-66)75-64)59(69)56(67)51-49-47-45-43-41-39-37-20-18-16-14-12-10-8-6-4-2/h20,37,43,45,55-62,64,66-72H,3-19,21-36,38-42,44,46-54H2,1-2H3,(H,65,73)/b37-20+,45-43+. The van der Waals surface area contributed by atoms with E-state index < -0.39 is 74.2 Å². The first-order valence-electron chi connectivity index (χ1n) is 32.2. The molecule has 11 nitrogen and oxygen atoms in total. The third kappa shape index (κ3) is 41.3. The number of amides is 1. The zero-order valence-electron chi connectivity index (χ0n) is 48.8. The summed E-state index contributed by atoms with van der Waals surface area (Å²) in [5.74, 6) is -0.705. The fourth-order valence-electron chi connectivity index (χ4n) is 10.5. The summed E-state index contributed by atoms with van der Waals surface area (Å²) in [6, 6.07) is -1.19. The van der Waals surface area contributed by atoms with Gasteiger partial charge < -0.3 is 50.5 Å². The Morgan fingerprint density at radius 2 is 0.800 bits per heavy atom. The quantitative estimate of drug-likeness (QED) is 0.0215. The lowest BCUT2D eigenvalue weighted by molar-refractivity contribution is -0.303. The number of nitrogens with one attached hydrogen (secondary N) is 1. The van der Waals surface area contributed by atoms with Crippen LogP contribution in [0.25, 0.3) is 0 Å². The molecule has 1 rings (SSSR count). The molecule has 0 aromatic heterocycles. The van der Waals surface area contributed by atoms with Crippen molar-refractivity contribution in [2.24, 2.45) is 0 Å². The molecule has 8 N–H and O–H groups in total. The second-order valence-electron chi connectivity index (χ2n) is 22.8. The predicted octanol–water partition coefficient (Wildman–Crippen LogP) is 14.5. The molecule has 1 fully saturated rings. The number of rotatable bonds is 56. The number of unbranched alkanes of at least 4 members (excludes halogenated alkanes) is 40. The van der Waals surface area contributed by atoms with Gasteiger partial charge in [0.15, 0.2) is 6.29 Å². The van der Waals surface area contributed by atoms with Gasteiger partial charge in [0, 0.05) is 0 Å². The smallest absolute Gasteiger partial charge is 0.249 e. The van der Waals surface area contributed by atoms with Crippen LogP contribution < -0.4 is 5.32 Å². The van der Waals surface area contributed by atoms with Crippen LogP contribution in [0, 0.1) is 0 Å². The molecule has 1 aliphatic rings. The van der Waals surface area contributed by atoms with E-state index in [-0.39, 0.29) is 12.8 Å². The van der Waals surface area contributed by atoms with Gasteiger partial charge in [0.05, 0.1) is 25.4 Å². The summed E-state index contributed by atoms with van der Waals surface area (Å²) in [6.07, 6.45) is 54.1. The number of aliphatic hydroxyl groups excluding tert-OH is 7. The Morgan fingerprint density at radius 1 is 0.453 bits per heavy atom. The van der Waals surface area contributed by atoms with E-state index in [4.69, 9.17) is 9.47 Å². The predicted molar refractivity (Wildman–Crippen MR) is 312 cm³/mol. The van der Waals surface area contributed by atoms with E-state index in [1.54, 1.807) is 0 Å². The van der Waals surface area contributed by atoms with Crippen molar-refractivity contribution in [3.63, 3.8) is 0 Å². The number of allylic oxidation sites excluding steroid dienone is 4. The molecule has 9 unspecified atom stereocenters. The lowest BCUT2D eigenvalue weighted by atomic mass is 9.98. The van der Waals surface area contributed by atoms with Crippen LogP contribution in [0.15, 0.2) is 24.3 Å². The average molecular weight is 1070 g/mol. The van der Waals surface area contributed by atoms with Crippen LogP contribution in [0.1, 0.15) is 309 Å². The summed E-state index contributed by atoms with van der Waals surface area (Å²) < 4.78 is 11.1. The second-order valence-corrected chi connectivity index (χ2v) is 22.8. The highest BCUT2D eigenvalue weighted by molar-refractivity contribution is 5.80. The molecule has 0 aliphatic carbocycles. The maximum absolute atomic E-state index is 13.2. The Balaban J connectivity index is 2.19. The van der Waals surface area contributed by atoms with E-state index >= 15 is 0 Å². The maximum Gasteiger partial charge on any atom is 0.249 e. The molecule has 1 saturated heterocycles. The lowest BCUT2D eigenvalue weighted by Gasteiger charge is -2.40. The molecule has 0 saturated carbocycles. The fourth-order valence-corrected chi connectivity index (χ4v) is 10.5. The van der Waals surface area contributed by atoms with E-state index in [0.717, 1.165) is 38.5 Å². The first-order valence-corrected chi connectivity index (χ1v) is 32.2. The summed E-state index contributed by atoms with van der Waals surface area (Å²) in [5.41, 5.74) is 0. The first kappa shape index (κ1) is 71.6. The first-order chi connectivity index (χ1) is 36.7. The highest BCUT2D eigenvalue weighted by Crippen LogP contribution is 2.24. The second kappa shape index (κ2) is 53.2. The zero-order valence-corrected chi connectivity index (χ0v) is 48.8. The number of hydrogen-bond acceptors (Lipinski definition) is 10. The number of hydrogen-bond donors (Lipinski definition) is 8. The van der Waals surface area contributed by atoms with Gasteiger partial charge in [-0.05, 0) is 51.4 Å². The van der Waals surface area contributed by atoms with Gasteiger partial charge in [0.1, 0.15) is 36.6 Å². The lowest BCUT2D eigenvalue weighted by Crippen LogP contribution is -2.60. The van der Waals surface area contributed by atoms with Gasteiger partial charge in [0.2, 0.25) is 5.91 Å². The van der Waals surface area contributed by atoms with Gasteiger partial charge in [-0.15, -0.1) is 0 Å². The van der Waals surface area contributed by atoms with Gasteiger partial charge in [-0.1, -0.05) is 282 Å². The van der Waals surface area contributed by atoms with Crippen molar-refractivity contribution in [2.75, 3.05) is 13.2 Å². The topological polar surface area (TPSA) is 189 Å². The van der Waals surface area contributed by atoms with Gasteiger partial charge in [-0.2, -0.15) is 0 Å². The van der Waals surface area contributed by atoms with Crippen molar-refractivity contribution >= 4 is 5.91 Å². The van der Waals surface area contributed by atoms with Crippen LogP contribution in [-0.2, 0) is 14.3 Å². The van der Waals surface area contributed by atoms with Gasteiger partial charge >= 0.3 is 0 Å².